The molecule has 2 amide bonds. The lowest BCUT2D eigenvalue weighted by molar-refractivity contribution is -0.121. The Hall–Kier alpha value is -3.15. The van der Waals surface area contributed by atoms with Crippen LogP contribution in [0.2, 0.25) is 0 Å². The van der Waals surface area contributed by atoms with Crippen molar-refractivity contribution >= 4 is 22.8 Å². The number of rotatable bonds is 3. The molecule has 0 atom stereocenters. The van der Waals surface area contributed by atoms with Gasteiger partial charge in [-0.05, 0) is 31.2 Å². The lowest BCUT2D eigenvalue weighted by Crippen LogP contribution is -2.42. The molecule has 116 valence electrons. The first-order chi connectivity index (χ1) is 11.1. The quantitative estimate of drug-likeness (QED) is 0.726. The summed E-state index contributed by atoms with van der Waals surface area (Å²) in [5.41, 5.74) is 7.79. The molecule has 0 saturated heterocycles. The van der Waals surface area contributed by atoms with Crippen LogP contribution in [0.4, 0.5) is 0 Å². The fourth-order valence-corrected chi connectivity index (χ4v) is 2.25. The predicted molar refractivity (Wildman–Crippen MR) is 84.5 cm³/mol. The molecule has 0 fully saturated rings. The summed E-state index contributed by atoms with van der Waals surface area (Å²) in [4.78, 5) is 27.7. The number of furan rings is 1. The van der Waals surface area contributed by atoms with Crippen LogP contribution in [-0.4, -0.2) is 16.8 Å². The van der Waals surface area contributed by atoms with E-state index in [0.717, 1.165) is 22.1 Å². The molecule has 2 aromatic heterocycles. The minimum absolute atomic E-state index is 0.118. The Morgan fingerprint density at radius 2 is 1.91 bits per heavy atom. The van der Waals surface area contributed by atoms with Gasteiger partial charge in [0.05, 0.1) is 12.7 Å². The summed E-state index contributed by atoms with van der Waals surface area (Å²) in [6, 6.07) is 8.92. The van der Waals surface area contributed by atoms with Crippen molar-refractivity contribution in [1.82, 2.24) is 15.8 Å². The normalized spacial score (nSPS) is 10.5. The molecule has 2 N–H and O–H groups in total. The third-order valence-corrected chi connectivity index (χ3v) is 3.42. The summed E-state index contributed by atoms with van der Waals surface area (Å²) < 4.78 is 5.43. The number of hydrazine groups is 1. The Morgan fingerprint density at radius 3 is 2.70 bits per heavy atom. The molecule has 3 aromatic rings. The number of amides is 2. The molecule has 0 saturated carbocycles. The maximum absolute atomic E-state index is 12.0. The number of carbonyl (C=O) groups is 2. The van der Waals surface area contributed by atoms with E-state index < -0.39 is 5.91 Å². The van der Waals surface area contributed by atoms with E-state index in [2.05, 4.69) is 15.8 Å². The zero-order valence-corrected chi connectivity index (χ0v) is 12.5. The zero-order chi connectivity index (χ0) is 16.2. The molecule has 0 bridgehead atoms. The molecule has 0 unspecified atom stereocenters. The maximum Gasteiger partial charge on any atom is 0.269 e. The SMILES string of the molecule is Cc1ccc2occ(CC(=O)NNC(=O)c3ccncc3)c2c1. The van der Waals surface area contributed by atoms with Crippen LogP contribution >= 0.6 is 0 Å². The van der Waals surface area contributed by atoms with E-state index >= 15 is 0 Å². The number of nitrogens with one attached hydrogen (secondary N) is 2. The Balaban J connectivity index is 1.63. The predicted octanol–water partition coefficient (Wildman–Crippen LogP) is 2.14. The van der Waals surface area contributed by atoms with Gasteiger partial charge < -0.3 is 4.42 Å². The van der Waals surface area contributed by atoms with E-state index in [9.17, 15) is 9.59 Å². The fourth-order valence-electron chi connectivity index (χ4n) is 2.25. The number of carbonyl (C=O) groups excluding carboxylic acids is 2. The summed E-state index contributed by atoms with van der Waals surface area (Å²) in [5, 5.41) is 0.903. The van der Waals surface area contributed by atoms with Gasteiger partial charge in [0.15, 0.2) is 0 Å². The van der Waals surface area contributed by atoms with E-state index in [0.29, 0.717) is 5.56 Å². The van der Waals surface area contributed by atoms with Crippen molar-refractivity contribution in [1.29, 1.82) is 0 Å². The van der Waals surface area contributed by atoms with Crippen LogP contribution in [0.15, 0.2) is 53.4 Å². The average molecular weight is 309 g/mol. The molecule has 0 radical (unpaired) electrons. The minimum Gasteiger partial charge on any atom is -0.464 e. The van der Waals surface area contributed by atoms with Gasteiger partial charge in [-0.1, -0.05) is 11.6 Å². The second-order valence-corrected chi connectivity index (χ2v) is 5.18. The molecule has 6 heteroatoms. The van der Waals surface area contributed by atoms with Gasteiger partial charge in [-0.2, -0.15) is 0 Å². The Bertz CT molecular complexity index is 856. The topological polar surface area (TPSA) is 84.2 Å². The van der Waals surface area contributed by atoms with Crippen LogP contribution in [0, 0.1) is 6.92 Å². The molecule has 23 heavy (non-hydrogen) atoms. The third kappa shape index (κ3) is 3.37. The van der Waals surface area contributed by atoms with Gasteiger partial charge in [-0.15, -0.1) is 0 Å². The standard InChI is InChI=1S/C17H15N3O3/c1-11-2-3-15-14(8-11)13(10-23-15)9-16(21)19-20-17(22)12-4-6-18-7-5-12/h2-8,10H,9H2,1H3,(H,19,21)(H,20,22). The van der Waals surface area contributed by atoms with Crippen LogP contribution in [0.1, 0.15) is 21.5 Å². The van der Waals surface area contributed by atoms with Crippen molar-refractivity contribution in [3.8, 4) is 0 Å². The first-order valence-electron chi connectivity index (χ1n) is 7.09. The van der Waals surface area contributed by atoms with Crippen LogP contribution < -0.4 is 10.9 Å². The summed E-state index contributed by atoms with van der Waals surface area (Å²) in [7, 11) is 0. The second kappa shape index (κ2) is 6.31. The highest BCUT2D eigenvalue weighted by Crippen LogP contribution is 2.22. The first kappa shape index (κ1) is 14.8. The average Bonchev–Trinajstić information content (AvgIpc) is 2.95. The van der Waals surface area contributed by atoms with Gasteiger partial charge in [0.2, 0.25) is 5.91 Å². The molecular formula is C17H15N3O3. The number of benzene rings is 1. The Labute approximate surface area is 132 Å². The van der Waals surface area contributed by atoms with Crippen LogP contribution in [-0.2, 0) is 11.2 Å². The van der Waals surface area contributed by atoms with Crippen molar-refractivity contribution in [2.45, 2.75) is 13.3 Å². The summed E-state index contributed by atoms with van der Waals surface area (Å²) in [6.45, 7) is 1.98. The molecule has 0 aliphatic heterocycles. The van der Waals surface area contributed by atoms with Crippen molar-refractivity contribution in [2.75, 3.05) is 0 Å². The highest BCUT2D eigenvalue weighted by Gasteiger charge is 2.12. The van der Waals surface area contributed by atoms with Gasteiger partial charge >= 0.3 is 0 Å². The molecule has 0 aliphatic carbocycles. The third-order valence-electron chi connectivity index (χ3n) is 3.42. The first-order valence-corrected chi connectivity index (χ1v) is 7.09. The van der Waals surface area contributed by atoms with Gasteiger partial charge in [0, 0.05) is 28.9 Å². The van der Waals surface area contributed by atoms with Gasteiger partial charge in [0.1, 0.15) is 5.58 Å². The maximum atomic E-state index is 12.0. The summed E-state index contributed by atoms with van der Waals surface area (Å²) in [5.74, 6) is -0.717. The van der Waals surface area contributed by atoms with E-state index in [4.69, 9.17) is 4.42 Å². The minimum atomic E-state index is -0.395. The monoisotopic (exact) mass is 309 g/mol. The van der Waals surface area contributed by atoms with E-state index in [-0.39, 0.29) is 12.3 Å². The van der Waals surface area contributed by atoms with E-state index in [1.165, 1.54) is 12.4 Å². The highest BCUT2D eigenvalue weighted by atomic mass is 16.3. The molecule has 0 spiro atoms. The highest BCUT2D eigenvalue weighted by molar-refractivity contribution is 5.95. The summed E-state index contributed by atoms with van der Waals surface area (Å²) >= 11 is 0. The number of nitrogens with zero attached hydrogens (tertiary/aromatic N) is 1. The zero-order valence-electron chi connectivity index (χ0n) is 12.5. The molecule has 2 heterocycles. The number of hydrogen-bond acceptors (Lipinski definition) is 4. The van der Waals surface area contributed by atoms with E-state index in [1.807, 2.05) is 25.1 Å². The van der Waals surface area contributed by atoms with E-state index in [1.54, 1.807) is 18.4 Å². The molecule has 0 aliphatic rings. The van der Waals surface area contributed by atoms with Crippen LogP contribution in [0.3, 0.4) is 0 Å². The molecular weight excluding hydrogens is 294 g/mol. The number of aromatic nitrogens is 1. The van der Waals surface area contributed by atoms with Crippen molar-refractivity contribution in [2.24, 2.45) is 0 Å². The number of hydrogen-bond donors (Lipinski definition) is 2. The summed E-state index contributed by atoms with van der Waals surface area (Å²) in [6.07, 6.45) is 4.70. The number of fused-ring (bicyclic) bond motifs is 1. The van der Waals surface area contributed by atoms with Crippen LogP contribution in [0.25, 0.3) is 11.0 Å². The van der Waals surface area contributed by atoms with Crippen molar-refractivity contribution < 1.29 is 14.0 Å². The van der Waals surface area contributed by atoms with Gasteiger partial charge in [-0.25, -0.2) is 0 Å². The number of aryl methyl sites for hydroxylation is 1. The van der Waals surface area contributed by atoms with Crippen molar-refractivity contribution in [3.05, 3.63) is 65.7 Å². The second-order valence-electron chi connectivity index (χ2n) is 5.18. The molecule has 6 nitrogen and oxygen atoms in total. The van der Waals surface area contributed by atoms with Crippen molar-refractivity contribution in [3.63, 3.8) is 0 Å². The number of pyridine rings is 1. The Kier molecular flexibility index (Phi) is 4.05. The smallest absolute Gasteiger partial charge is 0.269 e. The fraction of sp³-hybridized carbons (Fsp3) is 0.118. The molecule has 1 aromatic carbocycles. The molecule has 3 rings (SSSR count). The largest absolute Gasteiger partial charge is 0.464 e. The van der Waals surface area contributed by atoms with Gasteiger partial charge in [-0.3, -0.25) is 25.4 Å². The lowest BCUT2D eigenvalue weighted by Gasteiger charge is -2.06. The Morgan fingerprint density at radius 1 is 1.13 bits per heavy atom. The lowest BCUT2D eigenvalue weighted by atomic mass is 10.1. The van der Waals surface area contributed by atoms with Crippen LogP contribution in [0.5, 0.6) is 0 Å². The van der Waals surface area contributed by atoms with Gasteiger partial charge in [0.25, 0.3) is 5.91 Å².